The van der Waals surface area contributed by atoms with Crippen LogP contribution in [0.1, 0.15) is 45.9 Å². The molecule has 1 atom stereocenters. The van der Waals surface area contributed by atoms with Crippen molar-refractivity contribution >= 4 is 0 Å². The van der Waals surface area contributed by atoms with Crippen molar-refractivity contribution < 1.29 is 9.15 Å². The summed E-state index contributed by atoms with van der Waals surface area (Å²) in [6, 6.07) is 7.69. The third-order valence-electron chi connectivity index (χ3n) is 5.21. The van der Waals surface area contributed by atoms with Crippen LogP contribution in [0.5, 0.6) is 5.75 Å². The molecule has 1 saturated heterocycles. The lowest BCUT2D eigenvalue weighted by atomic mass is 9.77. The zero-order valence-corrected chi connectivity index (χ0v) is 15.8. The minimum Gasteiger partial charge on any atom is -0.497 e. The quantitative estimate of drug-likeness (QED) is 0.824. The van der Waals surface area contributed by atoms with E-state index >= 15 is 0 Å². The molecule has 5 heteroatoms. The van der Waals surface area contributed by atoms with Crippen LogP contribution in [0.3, 0.4) is 0 Å². The van der Waals surface area contributed by atoms with Crippen molar-refractivity contribution in [1.82, 2.24) is 15.1 Å². The van der Waals surface area contributed by atoms with Gasteiger partial charge in [0.15, 0.2) is 0 Å². The predicted molar refractivity (Wildman–Crippen MR) is 98.4 cm³/mol. The average molecular weight is 343 g/mol. The van der Waals surface area contributed by atoms with Crippen LogP contribution in [-0.2, 0) is 6.54 Å². The Morgan fingerprint density at radius 3 is 2.56 bits per heavy atom. The molecule has 1 aliphatic heterocycles. The summed E-state index contributed by atoms with van der Waals surface area (Å²) in [5.74, 6) is 2.87. The SMILES string of the molecule is COc1ccc(-c2nnc(CN3CCCC(C(C)(C)C)CC3)o2)cc1. The van der Waals surface area contributed by atoms with E-state index < -0.39 is 0 Å². The summed E-state index contributed by atoms with van der Waals surface area (Å²) in [7, 11) is 1.66. The number of methoxy groups -OCH3 is 1. The van der Waals surface area contributed by atoms with Crippen LogP contribution in [0.15, 0.2) is 28.7 Å². The number of benzene rings is 1. The minimum absolute atomic E-state index is 0.391. The van der Waals surface area contributed by atoms with Gasteiger partial charge in [0.1, 0.15) is 5.75 Å². The summed E-state index contributed by atoms with van der Waals surface area (Å²) in [6.45, 7) is 10.0. The molecule has 0 bridgehead atoms. The number of hydrogen-bond donors (Lipinski definition) is 0. The van der Waals surface area contributed by atoms with Gasteiger partial charge < -0.3 is 9.15 Å². The Balaban J connectivity index is 1.61. The van der Waals surface area contributed by atoms with Gasteiger partial charge in [-0.2, -0.15) is 0 Å². The summed E-state index contributed by atoms with van der Waals surface area (Å²) >= 11 is 0. The molecule has 0 spiro atoms. The van der Waals surface area contributed by atoms with Crippen molar-refractivity contribution in [3.8, 4) is 17.2 Å². The fourth-order valence-corrected chi connectivity index (χ4v) is 3.54. The standard InChI is InChI=1S/C20H29N3O2/c1-20(2,3)16-6-5-12-23(13-11-16)14-18-21-22-19(25-18)15-7-9-17(24-4)10-8-15/h7-10,16H,5-6,11-14H2,1-4H3. The number of rotatable bonds is 4. The molecule has 2 aromatic rings. The number of hydrogen-bond acceptors (Lipinski definition) is 5. The number of ether oxygens (including phenoxy) is 1. The molecule has 1 aliphatic rings. The third-order valence-corrected chi connectivity index (χ3v) is 5.21. The van der Waals surface area contributed by atoms with Gasteiger partial charge in [-0.15, -0.1) is 10.2 Å². The Kier molecular flexibility index (Phi) is 5.42. The van der Waals surface area contributed by atoms with E-state index in [0.29, 0.717) is 17.2 Å². The molecule has 0 amide bonds. The third kappa shape index (κ3) is 4.60. The zero-order valence-electron chi connectivity index (χ0n) is 15.8. The molecule has 1 fully saturated rings. The molecule has 25 heavy (non-hydrogen) atoms. The molecule has 0 radical (unpaired) electrons. The Morgan fingerprint density at radius 2 is 1.88 bits per heavy atom. The van der Waals surface area contributed by atoms with Gasteiger partial charge in [-0.05, 0) is 68.0 Å². The van der Waals surface area contributed by atoms with Gasteiger partial charge in [-0.3, -0.25) is 4.90 Å². The highest BCUT2D eigenvalue weighted by Crippen LogP contribution is 2.34. The first-order valence-corrected chi connectivity index (χ1v) is 9.15. The van der Waals surface area contributed by atoms with Crippen LogP contribution in [0.4, 0.5) is 0 Å². The Morgan fingerprint density at radius 1 is 1.12 bits per heavy atom. The monoisotopic (exact) mass is 343 g/mol. The first-order chi connectivity index (χ1) is 12.0. The maximum absolute atomic E-state index is 5.88. The van der Waals surface area contributed by atoms with Gasteiger partial charge in [0, 0.05) is 5.56 Å². The largest absolute Gasteiger partial charge is 0.497 e. The van der Waals surface area contributed by atoms with Gasteiger partial charge in [0.2, 0.25) is 11.8 Å². The lowest BCUT2D eigenvalue weighted by Crippen LogP contribution is -2.26. The van der Waals surface area contributed by atoms with E-state index in [1.165, 1.54) is 19.3 Å². The van der Waals surface area contributed by atoms with Gasteiger partial charge >= 0.3 is 0 Å². The normalized spacial score (nSPS) is 19.6. The average Bonchev–Trinajstić information content (AvgIpc) is 2.91. The van der Waals surface area contributed by atoms with Crippen LogP contribution in [-0.4, -0.2) is 35.3 Å². The lowest BCUT2D eigenvalue weighted by molar-refractivity contribution is 0.202. The van der Waals surface area contributed by atoms with E-state index in [4.69, 9.17) is 9.15 Å². The highest BCUT2D eigenvalue weighted by Gasteiger charge is 2.27. The molecule has 0 aliphatic carbocycles. The maximum Gasteiger partial charge on any atom is 0.247 e. The molecule has 3 rings (SSSR count). The predicted octanol–water partition coefficient (Wildman–Crippen LogP) is 4.39. The van der Waals surface area contributed by atoms with Crippen molar-refractivity contribution in [2.24, 2.45) is 11.3 Å². The maximum atomic E-state index is 5.88. The van der Waals surface area contributed by atoms with Crippen LogP contribution >= 0.6 is 0 Å². The molecule has 2 heterocycles. The molecule has 136 valence electrons. The van der Waals surface area contributed by atoms with E-state index in [-0.39, 0.29) is 0 Å². The summed E-state index contributed by atoms with van der Waals surface area (Å²) < 4.78 is 11.1. The Hall–Kier alpha value is -1.88. The van der Waals surface area contributed by atoms with Crippen LogP contribution < -0.4 is 4.74 Å². The number of likely N-dealkylation sites (tertiary alicyclic amines) is 1. The van der Waals surface area contributed by atoms with Crippen molar-refractivity contribution in [1.29, 1.82) is 0 Å². The summed E-state index contributed by atoms with van der Waals surface area (Å²) in [5.41, 5.74) is 1.31. The van der Waals surface area contributed by atoms with Crippen LogP contribution in [0.25, 0.3) is 11.5 Å². The topological polar surface area (TPSA) is 51.4 Å². The van der Waals surface area contributed by atoms with E-state index in [2.05, 4.69) is 35.9 Å². The van der Waals surface area contributed by atoms with Gasteiger partial charge in [0.05, 0.1) is 13.7 Å². The van der Waals surface area contributed by atoms with Crippen LogP contribution in [0.2, 0.25) is 0 Å². The molecular weight excluding hydrogens is 314 g/mol. The van der Waals surface area contributed by atoms with E-state index in [1.54, 1.807) is 7.11 Å². The summed E-state index contributed by atoms with van der Waals surface area (Å²) in [6.07, 6.45) is 3.78. The Labute approximate surface area is 150 Å². The van der Waals surface area contributed by atoms with Crippen LogP contribution in [0, 0.1) is 11.3 Å². The first kappa shape index (κ1) is 17.9. The molecule has 0 saturated carbocycles. The molecule has 1 aromatic carbocycles. The first-order valence-electron chi connectivity index (χ1n) is 9.15. The Bertz CT molecular complexity index is 673. The highest BCUT2D eigenvalue weighted by molar-refractivity contribution is 5.53. The van der Waals surface area contributed by atoms with Gasteiger partial charge in [0.25, 0.3) is 0 Å². The zero-order chi connectivity index (χ0) is 17.9. The smallest absolute Gasteiger partial charge is 0.247 e. The van der Waals surface area contributed by atoms with E-state index in [0.717, 1.165) is 36.9 Å². The number of nitrogens with zero attached hydrogens (tertiary/aromatic N) is 3. The van der Waals surface area contributed by atoms with Crippen molar-refractivity contribution in [3.63, 3.8) is 0 Å². The summed E-state index contributed by atoms with van der Waals surface area (Å²) in [4.78, 5) is 2.44. The number of aromatic nitrogens is 2. The van der Waals surface area contributed by atoms with E-state index in [9.17, 15) is 0 Å². The fourth-order valence-electron chi connectivity index (χ4n) is 3.54. The molecule has 0 N–H and O–H groups in total. The second-order valence-corrected chi connectivity index (χ2v) is 8.00. The van der Waals surface area contributed by atoms with Crippen molar-refractivity contribution in [2.45, 2.75) is 46.6 Å². The minimum atomic E-state index is 0.391. The van der Waals surface area contributed by atoms with Crippen molar-refractivity contribution in [2.75, 3.05) is 20.2 Å². The van der Waals surface area contributed by atoms with E-state index in [1.807, 2.05) is 24.3 Å². The fraction of sp³-hybridized carbons (Fsp3) is 0.600. The molecule has 5 nitrogen and oxygen atoms in total. The lowest BCUT2D eigenvalue weighted by Gasteiger charge is -2.29. The molecular formula is C20H29N3O2. The molecule has 1 aromatic heterocycles. The second-order valence-electron chi connectivity index (χ2n) is 8.00. The summed E-state index contributed by atoms with van der Waals surface area (Å²) in [5, 5.41) is 8.44. The van der Waals surface area contributed by atoms with Gasteiger partial charge in [-0.25, -0.2) is 0 Å². The highest BCUT2D eigenvalue weighted by atomic mass is 16.5. The van der Waals surface area contributed by atoms with Crippen molar-refractivity contribution in [3.05, 3.63) is 30.2 Å². The van der Waals surface area contributed by atoms with Gasteiger partial charge in [-0.1, -0.05) is 20.8 Å². The molecule has 1 unspecified atom stereocenters. The second kappa shape index (κ2) is 7.56.